The molecule has 34 heavy (non-hydrogen) atoms. The highest BCUT2D eigenvalue weighted by molar-refractivity contribution is 7.92. The average molecular weight is 478 g/mol. The largest absolute Gasteiger partial charge is 0.497 e. The van der Waals surface area contributed by atoms with Crippen LogP contribution in [0.3, 0.4) is 0 Å². The van der Waals surface area contributed by atoms with E-state index in [-0.39, 0.29) is 10.5 Å². The van der Waals surface area contributed by atoms with E-state index in [2.05, 4.69) is 10.3 Å². The third kappa shape index (κ3) is 4.22. The van der Waals surface area contributed by atoms with Gasteiger partial charge in [0.1, 0.15) is 11.3 Å². The number of hydrogen-bond donors (Lipinski definition) is 1. The van der Waals surface area contributed by atoms with Crippen LogP contribution in [0.5, 0.6) is 5.75 Å². The Hall–Kier alpha value is -3.85. The lowest BCUT2D eigenvalue weighted by Crippen LogP contribution is -2.26. The number of anilines is 2. The number of rotatable bonds is 7. The summed E-state index contributed by atoms with van der Waals surface area (Å²) in [6.07, 6.45) is 2.17. The highest BCUT2D eigenvalue weighted by atomic mass is 32.2. The molecule has 1 aromatic heterocycles. The van der Waals surface area contributed by atoms with Gasteiger partial charge >= 0.3 is 0 Å². The van der Waals surface area contributed by atoms with Crippen molar-refractivity contribution in [3.8, 4) is 5.75 Å². The molecular weight excluding hydrogens is 454 g/mol. The molecule has 8 nitrogen and oxygen atoms in total. The number of aromatic nitrogens is 1. The van der Waals surface area contributed by atoms with E-state index in [9.17, 15) is 13.2 Å². The van der Waals surface area contributed by atoms with Gasteiger partial charge in [-0.05, 0) is 73.5 Å². The number of carbonyl (C=O) groups excluding carboxylic acids is 1. The fraction of sp³-hybridized carbons (Fsp3) is 0.200. The van der Waals surface area contributed by atoms with Crippen LogP contribution in [0.15, 0.2) is 76.0 Å². The standard InChI is InChI=1S/C25H23N3O5S/c1-28(19-9-11-20(32-2)12-10-19)34(30,31)21-5-3-4-17(14-21)24(29)26-18-8-13-23-22(15-18)27-25(33-23)16-6-7-16/h3-5,8-16H,6-7H2,1-2H3,(H,26,29). The van der Waals surface area contributed by atoms with Gasteiger partial charge in [-0.2, -0.15) is 0 Å². The zero-order chi connectivity index (χ0) is 23.9. The van der Waals surface area contributed by atoms with E-state index in [0.717, 1.165) is 18.7 Å². The van der Waals surface area contributed by atoms with Crippen molar-refractivity contribution < 1.29 is 22.4 Å². The van der Waals surface area contributed by atoms with Crippen LogP contribution in [0.25, 0.3) is 11.1 Å². The molecule has 0 bridgehead atoms. The van der Waals surface area contributed by atoms with Gasteiger partial charge in [-0.15, -0.1) is 0 Å². The third-order valence-corrected chi connectivity index (χ3v) is 7.56. The van der Waals surface area contributed by atoms with Crippen molar-refractivity contribution in [1.82, 2.24) is 4.98 Å². The molecule has 4 aromatic rings. The summed E-state index contributed by atoms with van der Waals surface area (Å²) in [5, 5.41) is 2.81. The van der Waals surface area contributed by atoms with Gasteiger partial charge in [0.2, 0.25) is 0 Å². The molecule has 1 heterocycles. The normalized spacial score (nSPS) is 13.6. The third-order valence-electron chi connectivity index (χ3n) is 5.78. The molecule has 0 saturated heterocycles. The van der Waals surface area contributed by atoms with E-state index < -0.39 is 15.9 Å². The van der Waals surface area contributed by atoms with Crippen LogP contribution >= 0.6 is 0 Å². The van der Waals surface area contributed by atoms with Gasteiger partial charge in [-0.25, -0.2) is 13.4 Å². The minimum atomic E-state index is -3.88. The van der Waals surface area contributed by atoms with Crippen molar-refractivity contribution in [1.29, 1.82) is 0 Å². The van der Waals surface area contributed by atoms with Crippen molar-refractivity contribution in [3.63, 3.8) is 0 Å². The number of nitrogens with zero attached hydrogens (tertiary/aromatic N) is 2. The first kappa shape index (κ1) is 22.0. The molecule has 1 N–H and O–H groups in total. The maximum Gasteiger partial charge on any atom is 0.264 e. The Morgan fingerprint density at radius 1 is 1.09 bits per heavy atom. The molecule has 5 rings (SSSR count). The molecule has 0 atom stereocenters. The molecule has 1 aliphatic carbocycles. The monoisotopic (exact) mass is 477 g/mol. The lowest BCUT2D eigenvalue weighted by Gasteiger charge is -2.20. The molecule has 0 unspecified atom stereocenters. The molecule has 1 saturated carbocycles. The maximum atomic E-state index is 13.2. The Kier molecular flexibility index (Phi) is 5.49. The number of hydrogen-bond acceptors (Lipinski definition) is 6. The molecule has 174 valence electrons. The molecule has 9 heteroatoms. The molecule has 3 aromatic carbocycles. The van der Waals surface area contributed by atoms with Gasteiger partial charge in [0.15, 0.2) is 11.5 Å². The van der Waals surface area contributed by atoms with Crippen molar-refractivity contribution in [2.24, 2.45) is 0 Å². The van der Waals surface area contributed by atoms with Crippen molar-refractivity contribution >= 4 is 38.4 Å². The topological polar surface area (TPSA) is 102 Å². The number of nitrogens with one attached hydrogen (secondary N) is 1. The first-order valence-electron chi connectivity index (χ1n) is 10.8. The summed E-state index contributed by atoms with van der Waals surface area (Å²) in [5.41, 5.74) is 2.61. The zero-order valence-corrected chi connectivity index (χ0v) is 19.5. The molecule has 1 aliphatic rings. The van der Waals surface area contributed by atoms with E-state index in [0.29, 0.717) is 34.1 Å². The molecular formula is C25H23N3O5S. The Balaban J connectivity index is 1.36. The Morgan fingerprint density at radius 2 is 1.85 bits per heavy atom. The van der Waals surface area contributed by atoms with Crippen molar-refractivity contribution in [3.05, 3.63) is 78.2 Å². The van der Waals surface area contributed by atoms with Crippen molar-refractivity contribution in [2.75, 3.05) is 23.8 Å². The Morgan fingerprint density at radius 3 is 2.56 bits per heavy atom. The molecule has 0 radical (unpaired) electrons. The Labute approximate surface area is 197 Å². The second-order valence-electron chi connectivity index (χ2n) is 8.16. The summed E-state index contributed by atoms with van der Waals surface area (Å²) in [5.74, 6) is 1.33. The predicted molar refractivity (Wildman–Crippen MR) is 129 cm³/mol. The smallest absolute Gasteiger partial charge is 0.264 e. The van der Waals surface area contributed by atoms with E-state index in [1.54, 1.807) is 61.7 Å². The first-order chi connectivity index (χ1) is 16.3. The zero-order valence-electron chi connectivity index (χ0n) is 18.7. The summed E-state index contributed by atoms with van der Waals surface area (Å²) in [6, 6.07) is 17.9. The summed E-state index contributed by atoms with van der Waals surface area (Å²) in [7, 11) is -0.871. The lowest BCUT2D eigenvalue weighted by molar-refractivity contribution is 0.102. The van der Waals surface area contributed by atoms with Crippen LogP contribution in [0.2, 0.25) is 0 Å². The SMILES string of the molecule is COc1ccc(N(C)S(=O)(=O)c2cccc(C(=O)Nc3ccc4oc(C5CC5)nc4c3)c2)cc1. The number of carbonyl (C=O) groups is 1. The number of benzene rings is 3. The number of oxazole rings is 1. The van der Waals surface area contributed by atoms with Crippen LogP contribution in [0.1, 0.15) is 35.0 Å². The quantitative estimate of drug-likeness (QED) is 0.411. The van der Waals surface area contributed by atoms with Crippen LogP contribution in [-0.2, 0) is 10.0 Å². The van der Waals surface area contributed by atoms with E-state index in [1.165, 1.54) is 23.5 Å². The predicted octanol–water partition coefficient (Wildman–Crippen LogP) is 4.79. The van der Waals surface area contributed by atoms with E-state index in [4.69, 9.17) is 9.15 Å². The van der Waals surface area contributed by atoms with Gasteiger partial charge in [-0.3, -0.25) is 9.10 Å². The molecule has 0 spiro atoms. The maximum absolute atomic E-state index is 13.2. The number of ether oxygens (including phenoxy) is 1. The second kappa shape index (κ2) is 8.49. The number of fused-ring (bicyclic) bond motifs is 1. The second-order valence-corrected chi connectivity index (χ2v) is 10.1. The summed E-state index contributed by atoms with van der Waals surface area (Å²) >= 11 is 0. The minimum absolute atomic E-state index is 0.0134. The van der Waals surface area contributed by atoms with Gasteiger partial charge in [0.25, 0.3) is 15.9 Å². The Bertz CT molecular complexity index is 1470. The summed E-state index contributed by atoms with van der Waals surface area (Å²) in [6.45, 7) is 0. The van der Waals surface area contributed by atoms with Crippen molar-refractivity contribution in [2.45, 2.75) is 23.7 Å². The van der Waals surface area contributed by atoms with Crippen LogP contribution < -0.4 is 14.4 Å². The molecule has 1 fully saturated rings. The fourth-order valence-corrected chi connectivity index (χ4v) is 4.86. The highest BCUT2D eigenvalue weighted by Crippen LogP contribution is 2.40. The fourth-order valence-electron chi connectivity index (χ4n) is 3.62. The highest BCUT2D eigenvalue weighted by Gasteiger charge is 2.29. The van der Waals surface area contributed by atoms with E-state index in [1.807, 2.05) is 0 Å². The summed E-state index contributed by atoms with van der Waals surface area (Å²) < 4.78 is 38.4. The van der Waals surface area contributed by atoms with Gasteiger partial charge in [-0.1, -0.05) is 6.07 Å². The minimum Gasteiger partial charge on any atom is -0.497 e. The summed E-state index contributed by atoms with van der Waals surface area (Å²) in [4.78, 5) is 17.4. The number of sulfonamides is 1. The van der Waals surface area contributed by atoms with Crippen LogP contribution in [0, 0.1) is 0 Å². The first-order valence-corrected chi connectivity index (χ1v) is 12.2. The van der Waals surface area contributed by atoms with Crippen LogP contribution in [-0.4, -0.2) is 33.5 Å². The average Bonchev–Trinajstić information content (AvgIpc) is 3.62. The van der Waals surface area contributed by atoms with Gasteiger partial charge < -0.3 is 14.5 Å². The number of amides is 1. The van der Waals surface area contributed by atoms with Gasteiger partial charge in [0, 0.05) is 24.2 Å². The number of methoxy groups -OCH3 is 1. The molecule has 0 aliphatic heterocycles. The van der Waals surface area contributed by atoms with Gasteiger partial charge in [0.05, 0.1) is 17.7 Å². The van der Waals surface area contributed by atoms with E-state index >= 15 is 0 Å². The van der Waals surface area contributed by atoms with Crippen LogP contribution in [0.4, 0.5) is 11.4 Å². The lowest BCUT2D eigenvalue weighted by atomic mass is 10.2. The molecule has 1 amide bonds.